The van der Waals surface area contributed by atoms with Gasteiger partial charge in [-0.05, 0) is 31.7 Å². The lowest BCUT2D eigenvalue weighted by Gasteiger charge is -2.35. The first-order chi connectivity index (χ1) is 7.51. The predicted molar refractivity (Wildman–Crippen MR) is 56.7 cm³/mol. The Kier molecular flexibility index (Phi) is 2.95. The van der Waals surface area contributed by atoms with Gasteiger partial charge in [0.1, 0.15) is 11.6 Å². The van der Waals surface area contributed by atoms with Crippen LogP contribution >= 0.6 is 0 Å². The fourth-order valence-electron chi connectivity index (χ4n) is 2.41. The van der Waals surface area contributed by atoms with E-state index in [1.165, 1.54) is 6.07 Å². The predicted octanol–water partition coefficient (Wildman–Crippen LogP) is 2.05. The topological polar surface area (TPSA) is 46.2 Å². The molecule has 3 N–H and O–H groups in total. The molecular weight excluding hydrogens is 212 g/mol. The maximum atomic E-state index is 13.6. The summed E-state index contributed by atoms with van der Waals surface area (Å²) in [5.74, 6) is -1.33. The number of rotatable bonds is 1. The molecule has 1 saturated carbocycles. The van der Waals surface area contributed by atoms with E-state index < -0.39 is 17.2 Å². The van der Waals surface area contributed by atoms with Crippen LogP contribution in [0, 0.1) is 11.6 Å². The van der Waals surface area contributed by atoms with E-state index in [0.29, 0.717) is 12.8 Å². The highest BCUT2D eigenvalue weighted by atomic mass is 19.1. The molecule has 2 atom stereocenters. The molecule has 0 aromatic heterocycles. The van der Waals surface area contributed by atoms with Crippen LogP contribution in [0.5, 0.6) is 0 Å². The molecule has 1 aliphatic carbocycles. The van der Waals surface area contributed by atoms with Gasteiger partial charge in [-0.2, -0.15) is 0 Å². The molecule has 2 unspecified atom stereocenters. The quantitative estimate of drug-likeness (QED) is 0.771. The summed E-state index contributed by atoms with van der Waals surface area (Å²) in [5, 5.41) is 10.3. The smallest absolute Gasteiger partial charge is 0.132 e. The van der Waals surface area contributed by atoms with Gasteiger partial charge in [-0.3, -0.25) is 0 Å². The number of aliphatic hydroxyl groups is 1. The van der Waals surface area contributed by atoms with Gasteiger partial charge in [0, 0.05) is 17.7 Å². The molecule has 1 fully saturated rings. The average molecular weight is 227 g/mol. The molecule has 1 aromatic rings. The van der Waals surface area contributed by atoms with Crippen molar-refractivity contribution in [2.75, 3.05) is 0 Å². The SMILES string of the molecule is NC1CCCC(O)(c2ccc(F)cc2F)C1. The molecule has 0 saturated heterocycles. The first kappa shape index (κ1) is 11.5. The summed E-state index contributed by atoms with van der Waals surface area (Å²) in [4.78, 5) is 0. The second-order valence-corrected chi connectivity index (χ2v) is 4.51. The molecule has 88 valence electrons. The van der Waals surface area contributed by atoms with Crippen molar-refractivity contribution in [3.63, 3.8) is 0 Å². The fraction of sp³-hybridized carbons (Fsp3) is 0.500. The van der Waals surface area contributed by atoms with Crippen LogP contribution < -0.4 is 5.73 Å². The van der Waals surface area contributed by atoms with Gasteiger partial charge in [0.15, 0.2) is 0 Å². The summed E-state index contributed by atoms with van der Waals surface area (Å²) >= 11 is 0. The minimum atomic E-state index is -1.24. The first-order valence-electron chi connectivity index (χ1n) is 5.45. The lowest BCUT2D eigenvalue weighted by Crippen LogP contribution is -2.39. The first-order valence-corrected chi connectivity index (χ1v) is 5.45. The number of benzene rings is 1. The fourth-order valence-corrected chi connectivity index (χ4v) is 2.41. The van der Waals surface area contributed by atoms with Crippen molar-refractivity contribution in [2.24, 2.45) is 5.73 Å². The van der Waals surface area contributed by atoms with Gasteiger partial charge in [0.2, 0.25) is 0 Å². The lowest BCUT2D eigenvalue weighted by atomic mass is 9.77. The summed E-state index contributed by atoms with van der Waals surface area (Å²) in [7, 11) is 0. The monoisotopic (exact) mass is 227 g/mol. The average Bonchev–Trinajstić information content (AvgIpc) is 2.16. The molecule has 0 heterocycles. The van der Waals surface area contributed by atoms with Crippen molar-refractivity contribution >= 4 is 0 Å². The van der Waals surface area contributed by atoms with E-state index in [1.807, 2.05) is 0 Å². The maximum Gasteiger partial charge on any atom is 0.132 e. The summed E-state index contributed by atoms with van der Waals surface area (Å²) in [6.45, 7) is 0. The normalized spacial score (nSPS) is 30.4. The highest BCUT2D eigenvalue weighted by Gasteiger charge is 2.36. The number of hydrogen-bond acceptors (Lipinski definition) is 2. The largest absolute Gasteiger partial charge is 0.385 e. The van der Waals surface area contributed by atoms with Crippen LogP contribution in [0.4, 0.5) is 8.78 Å². The standard InChI is InChI=1S/C12H15F2NO/c13-8-3-4-10(11(14)6-8)12(16)5-1-2-9(15)7-12/h3-4,6,9,16H,1-2,5,7,15H2. The van der Waals surface area contributed by atoms with Gasteiger partial charge in [0.25, 0.3) is 0 Å². The van der Waals surface area contributed by atoms with Crippen LogP contribution in [0.3, 0.4) is 0 Å². The third-order valence-electron chi connectivity index (χ3n) is 3.20. The Morgan fingerprint density at radius 2 is 2.12 bits per heavy atom. The molecular formula is C12H15F2NO. The van der Waals surface area contributed by atoms with Crippen LogP contribution in [-0.4, -0.2) is 11.1 Å². The van der Waals surface area contributed by atoms with E-state index >= 15 is 0 Å². The highest BCUT2D eigenvalue weighted by molar-refractivity contribution is 5.26. The molecule has 0 amide bonds. The van der Waals surface area contributed by atoms with E-state index in [1.54, 1.807) is 0 Å². The van der Waals surface area contributed by atoms with Gasteiger partial charge >= 0.3 is 0 Å². The maximum absolute atomic E-state index is 13.6. The van der Waals surface area contributed by atoms with Gasteiger partial charge in [0.05, 0.1) is 5.60 Å². The molecule has 0 bridgehead atoms. The molecule has 1 aliphatic rings. The Bertz CT molecular complexity index is 397. The summed E-state index contributed by atoms with van der Waals surface area (Å²) in [6, 6.07) is 3.15. The van der Waals surface area contributed by atoms with Crippen LogP contribution in [0.2, 0.25) is 0 Å². The molecule has 1 aromatic carbocycles. The Morgan fingerprint density at radius 3 is 2.75 bits per heavy atom. The third-order valence-corrected chi connectivity index (χ3v) is 3.20. The number of halogens is 2. The van der Waals surface area contributed by atoms with Crippen molar-refractivity contribution in [1.82, 2.24) is 0 Å². The Balaban J connectivity index is 2.34. The Hall–Kier alpha value is -1.00. The third kappa shape index (κ3) is 2.08. The Labute approximate surface area is 93.1 Å². The van der Waals surface area contributed by atoms with Crippen LogP contribution in [0.15, 0.2) is 18.2 Å². The van der Waals surface area contributed by atoms with Gasteiger partial charge in [-0.15, -0.1) is 0 Å². The molecule has 0 radical (unpaired) electrons. The molecule has 0 spiro atoms. The molecule has 4 heteroatoms. The summed E-state index contributed by atoms with van der Waals surface area (Å²) < 4.78 is 26.3. The van der Waals surface area contributed by atoms with Crippen LogP contribution in [0.1, 0.15) is 31.2 Å². The van der Waals surface area contributed by atoms with Crippen LogP contribution in [0.25, 0.3) is 0 Å². The van der Waals surface area contributed by atoms with E-state index in [2.05, 4.69) is 0 Å². The zero-order valence-electron chi connectivity index (χ0n) is 8.92. The Morgan fingerprint density at radius 1 is 1.38 bits per heavy atom. The van der Waals surface area contributed by atoms with Crippen molar-refractivity contribution in [3.05, 3.63) is 35.4 Å². The number of nitrogens with two attached hydrogens (primary N) is 1. The second kappa shape index (κ2) is 4.11. The van der Waals surface area contributed by atoms with E-state index in [9.17, 15) is 13.9 Å². The van der Waals surface area contributed by atoms with E-state index in [0.717, 1.165) is 25.0 Å². The molecule has 2 rings (SSSR count). The van der Waals surface area contributed by atoms with Crippen molar-refractivity contribution in [3.8, 4) is 0 Å². The highest BCUT2D eigenvalue weighted by Crippen LogP contribution is 2.37. The van der Waals surface area contributed by atoms with Crippen molar-refractivity contribution < 1.29 is 13.9 Å². The molecule has 0 aliphatic heterocycles. The molecule has 16 heavy (non-hydrogen) atoms. The molecule has 2 nitrogen and oxygen atoms in total. The number of hydrogen-bond donors (Lipinski definition) is 2. The summed E-state index contributed by atoms with van der Waals surface area (Å²) in [5.41, 5.74) is 4.69. The zero-order chi connectivity index (χ0) is 11.8. The minimum Gasteiger partial charge on any atom is -0.385 e. The van der Waals surface area contributed by atoms with Gasteiger partial charge in [-0.1, -0.05) is 6.07 Å². The zero-order valence-corrected chi connectivity index (χ0v) is 8.92. The van der Waals surface area contributed by atoms with E-state index in [4.69, 9.17) is 5.73 Å². The lowest BCUT2D eigenvalue weighted by molar-refractivity contribution is -0.0102. The van der Waals surface area contributed by atoms with Crippen LogP contribution in [-0.2, 0) is 5.60 Å². The minimum absolute atomic E-state index is 0.122. The van der Waals surface area contributed by atoms with Gasteiger partial charge in [-0.25, -0.2) is 8.78 Å². The van der Waals surface area contributed by atoms with Crippen molar-refractivity contribution in [2.45, 2.75) is 37.3 Å². The van der Waals surface area contributed by atoms with E-state index in [-0.39, 0.29) is 11.6 Å². The second-order valence-electron chi connectivity index (χ2n) is 4.51. The van der Waals surface area contributed by atoms with Crippen molar-refractivity contribution in [1.29, 1.82) is 0 Å². The van der Waals surface area contributed by atoms with Gasteiger partial charge < -0.3 is 10.8 Å². The summed E-state index contributed by atoms with van der Waals surface area (Å²) in [6.07, 6.45) is 2.40.